The lowest BCUT2D eigenvalue weighted by Gasteiger charge is -2.08. The first-order valence-corrected chi connectivity index (χ1v) is 6.07. The second kappa shape index (κ2) is 5.89. The van der Waals surface area contributed by atoms with E-state index in [2.05, 4.69) is 4.98 Å². The van der Waals surface area contributed by atoms with E-state index >= 15 is 0 Å². The molecule has 0 saturated heterocycles. The quantitative estimate of drug-likeness (QED) is 0.780. The Bertz CT molecular complexity index is 488. The molecule has 2 nitrogen and oxygen atoms in total. The highest BCUT2D eigenvalue weighted by Crippen LogP contribution is 2.26. The van der Waals surface area contributed by atoms with Gasteiger partial charge in [-0.3, -0.25) is 4.98 Å². The third kappa shape index (κ3) is 3.35. The molecule has 0 saturated carbocycles. The molecule has 0 radical (unpaired) electrons. The third-order valence-corrected chi connectivity index (χ3v) is 2.87. The molecule has 0 amide bonds. The number of alkyl halides is 1. The molecule has 0 fully saturated rings. The zero-order chi connectivity index (χ0) is 12.1. The van der Waals surface area contributed by atoms with Crippen LogP contribution in [0.5, 0.6) is 5.75 Å². The van der Waals surface area contributed by atoms with Gasteiger partial charge in [0.05, 0.1) is 5.02 Å². The second-order valence-corrected chi connectivity index (χ2v) is 4.22. The Morgan fingerprint density at radius 1 is 1.18 bits per heavy atom. The molecule has 1 heterocycles. The van der Waals surface area contributed by atoms with Crippen LogP contribution in [-0.4, -0.2) is 4.98 Å². The zero-order valence-electron chi connectivity index (χ0n) is 9.07. The smallest absolute Gasteiger partial charge is 0.138 e. The predicted octanol–water partition coefficient (Wildman–Crippen LogP) is 4.05. The lowest BCUT2D eigenvalue weighted by molar-refractivity contribution is 0.306. The van der Waals surface area contributed by atoms with Crippen molar-refractivity contribution in [3.05, 3.63) is 58.9 Å². The molecule has 17 heavy (non-hydrogen) atoms. The summed E-state index contributed by atoms with van der Waals surface area (Å²) in [6, 6.07) is 9.37. The number of ether oxygens (including phenoxy) is 1. The van der Waals surface area contributed by atoms with E-state index in [1.807, 2.05) is 30.3 Å². The molecule has 1 aromatic carbocycles. The Morgan fingerprint density at radius 3 is 2.71 bits per heavy atom. The standard InChI is InChI=1S/C13H11Cl2NO/c14-7-10-3-4-13(12(15)6-10)17-9-11-2-1-5-16-8-11/h1-6,8H,7,9H2. The Balaban J connectivity index is 2.04. The van der Waals surface area contributed by atoms with Crippen molar-refractivity contribution in [1.82, 2.24) is 4.98 Å². The van der Waals surface area contributed by atoms with E-state index < -0.39 is 0 Å². The summed E-state index contributed by atoms with van der Waals surface area (Å²) in [6.45, 7) is 0.452. The van der Waals surface area contributed by atoms with E-state index in [0.29, 0.717) is 23.3 Å². The van der Waals surface area contributed by atoms with Gasteiger partial charge in [-0.1, -0.05) is 23.7 Å². The van der Waals surface area contributed by atoms with Crippen LogP contribution in [-0.2, 0) is 12.5 Å². The minimum absolute atomic E-state index is 0.447. The summed E-state index contributed by atoms with van der Waals surface area (Å²) in [5, 5.41) is 0.576. The summed E-state index contributed by atoms with van der Waals surface area (Å²) in [7, 11) is 0. The summed E-state index contributed by atoms with van der Waals surface area (Å²) < 4.78 is 5.61. The van der Waals surface area contributed by atoms with E-state index in [-0.39, 0.29) is 0 Å². The Labute approximate surface area is 110 Å². The van der Waals surface area contributed by atoms with Crippen molar-refractivity contribution in [2.24, 2.45) is 0 Å². The van der Waals surface area contributed by atoms with Crippen molar-refractivity contribution in [3.63, 3.8) is 0 Å². The molecule has 88 valence electrons. The summed E-state index contributed by atoms with van der Waals surface area (Å²) in [5.74, 6) is 1.10. The van der Waals surface area contributed by atoms with Crippen molar-refractivity contribution >= 4 is 23.2 Å². The molecule has 0 aliphatic carbocycles. The van der Waals surface area contributed by atoms with Crippen LogP contribution in [0.25, 0.3) is 0 Å². The van der Waals surface area contributed by atoms with Crippen LogP contribution in [0.3, 0.4) is 0 Å². The molecule has 0 aliphatic heterocycles. The van der Waals surface area contributed by atoms with Gasteiger partial charge in [-0.2, -0.15) is 0 Å². The zero-order valence-corrected chi connectivity index (χ0v) is 10.6. The number of nitrogens with zero attached hydrogens (tertiary/aromatic N) is 1. The average Bonchev–Trinajstić information content (AvgIpc) is 2.38. The fourth-order valence-electron chi connectivity index (χ4n) is 1.39. The van der Waals surface area contributed by atoms with Crippen molar-refractivity contribution in [2.45, 2.75) is 12.5 Å². The fraction of sp³-hybridized carbons (Fsp3) is 0.154. The van der Waals surface area contributed by atoms with Crippen molar-refractivity contribution < 1.29 is 4.74 Å². The number of hydrogen-bond acceptors (Lipinski definition) is 2. The predicted molar refractivity (Wildman–Crippen MR) is 69.6 cm³/mol. The molecular formula is C13H11Cl2NO. The maximum absolute atomic E-state index is 6.08. The van der Waals surface area contributed by atoms with Crippen molar-refractivity contribution in [2.75, 3.05) is 0 Å². The van der Waals surface area contributed by atoms with Gasteiger partial charge in [0.1, 0.15) is 12.4 Å². The first-order chi connectivity index (χ1) is 8.29. The first-order valence-electron chi connectivity index (χ1n) is 5.15. The maximum atomic E-state index is 6.08. The number of hydrogen-bond donors (Lipinski definition) is 0. The van der Waals surface area contributed by atoms with E-state index in [9.17, 15) is 0 Å². The summed E-state index contributed by atoms with van der Waals surface area (Å²) in [6.07, 6.45) is 3.49. The monoisotopic (exact) mass is 267 g/mol. The molecule has 0 N–H and O–H groups in total. The number of halogens is 2. The second-order valence-electron chi connectivity index (χ2n) is 3.55. The van der Waals surface area contributed by atoms with Gasteiger partial charge in [-0.15, -0.1) is 11.6 Å². The molecule has 4 heteroatoms. The Kier molecular flexibility index (Phi) is 4.24. The SMILES string of the molecule is ClCc1ccc(OCc2cccnc2)c(Cl)c1. The third-order valence-electron chi connectivity index (χ3n) is 2.27. The van der Waals surface area contributed by atoms with E-state index in [0.717, 1.165) is 11.1 Å². The van der Waals surface area contributed by atoms with Crippen LogP contribution >= 0.6 is 23.2 Å². The molecule has 0 spiro atoms. The van der Waals surface area contributed by atoms with Crippen molar-refractivity contribution in [1.29, 1.82) is 0 Å². The van der Waals surface area contributed by atoms with Crippen LogP contribution in [0.15, 0.2) is 42.7 Å². The van der Waals surface area contributed by atoms with Crippen LogP contribution in [0.4, 0.5) is 0 Å². The average molecular weight is 268 g/mol. The van der Waals surface area contributed by atoms with Crippen molar-refractivity contribution in [3.8, 4) is 5.75 Å². The molecule has 0 aliphatic rings. The summed E-state index contributed by atoms with van der Waals surface area (Å²) >= 11 is 11.8. The number of benzene rings is 1. The van der Waals surface area contributed by atoms with E-state index in [1.54, 1.807) is 12.4 Å². The minimum atomic E-state index is 0.447. The molecular weight excluding hydrogens is 257 g/mol. The molecule has 2 aromatic rings. The molecule has 2 rings (SSSR count). The number of rotatable bonds is 4. The fourth-order valence-corrected chi connectivity index (χ4v) is 1.81. The van der Waals surface area contributed by atoms with Crippen LogP contribution in [0, 0.1) is 0 Å². The van der Waals surface area contributed by atoms with Crippen LogP contribution in [0.1, 0.15) is 11.1 Å². The Morgan fingerprint density at radius 2 is 2.06 bits per heavy atom. The van der Waals surface area contributed by atoms with Gasteiger partial charge >= 0.3 is 0 Å². The summed E-state index contributed by atoms with van der Waals surface area (Å²) in [5.41, 5.74) is 1.98. The highest BCUT2D eigenvalue weighted by Gasteiger charge is 2.03. The molecule has 0 unspecified atom stereocenters. The van der Waals surface area contributed by atoms with Gasteiger partial charge in [0.15, 0.2) is 0 Å². The highest BCUT2D eigenvalue weighted by molar-refractivity contribution is 6.32. The van der Waals surface area contributed by atoms with E-state index in [1.165, 1.54) is 0 Å². The van der Waals surface area contributed by atoms with Gasteiger partial charge in [0.25, 0.3) is 0 Å². The topological polar surface area (TPSA) is 22.1 Å². The van der Waals surface area contributed by atoms with Crippen LogP contribution in [0.2, 0.25) is 5.02 Å². The molecule has 0 bridgehead atoms. The lowest BCUT2D eigenvalue weighted by atomic mass is 10.2. The van der Waals surface area contributed by atoms with Crippen LogP contribution < -0.4 is 4.74 Å². The van der Waals surface area contributed by atoms with E-state index in [4.69, 9.17) is 27.9 Å². The number of aromatic nitrogens is 1. The minimum Gasteiger partial charge on any atom is -0.487 e. The van der Waals surface area contributed by atoms with Gasteiger partial charge in [-0.25, -0.2) is 0 Å². The normalized spacial score (nSPS) is 10.2. The Hall–Kier alpha value is -1.25. The summed E-state index contributed by atoms with van der Waals surface area (Å²) in [4.78, 5) is 4.02. The first kappa shape index (κ1) is 12.2. The largest absolute Gasteiger partial charge is 0.487 e. The number of pyridine rings is 1. The lowest BCUT2D eigenvalue weighted by Crippen LogP contribution is -1.96. The molecule has 0 atom stereocenters. The maximum Gasteiger partial charge on any atom is 0.138 e. The van der Waals surface area contributed by atoms with Gasteiger partial charge in [-0.05, 0) is 23.8 Å². The van der Waals surface area contributed by atoms with Gasteiger partial charge in [0, 0.05) is 23.8 Å². The van der Waals surface area contributed by atoms with Gasteiger partial charge < -0.3 is 4.74 Å². The highest BCUT2D eigenvalue weighted by atomic mass is 35.5. The van der Waals surface area contributed by atoms with Gasteiger partial charge in [0.2, 0.25) is 0 Å². The molecule has 1 aromatic heterocycles.